The zero-order chi connectivity index (χ0) is 17.9. The maximum atomic E-state index is 12.1. The summed E-state index contributed by atoms with van der Waals surface area (Å²) < 4.78 is 31.3. The molecule has 2 aliphatic heterocycles. The van der Waals surface area contributed by atoms with Crippen molar-refractivity contribution in [2.75, 3.05) is 43.9 Å². The summed E-state index contributed by atoms with van der Waals surface area (Å²) in [6.45, 7) is 2.85. The van der Waals surface area contributed by atoms with Crippen molar-refractivity contribution in [3.8, 4) is 5.75 Å². The third kappa shape index (κ3) is 4.40. The van der Waals surface area contributed by atoms with E-state index >= 15 is 0 Å². The van der Waals surface area contributed by atoms with E-state index in [-0.39, 0.29) is 6.10 Å². The number of nitrogens with one attached hydrogen (secondary N) is 1. The van der Waals surface area contributed by atoms with E-state index in [4.69, 9.17) is 4.74 Å². The Labute approximate surface area is 148 Å². The normalized spacial score (nSPS) is 20.9. The molecule has 25 heavy (non-hydrogen) atoms. The molecule has 0 bridgehead atoms. The zero-order valence-corrected chi connectivity index (χ0v) is 15.2. The lowest BCUT2D eigenvalue weighted by Crippen LogP contribution is -2.38. The first kappa shape index (κ1) is 17.9. The summed E-state index contributed by atoms with van der Waals surface area (Å²) in [5.74, 6) is 0.655. The summed E-state index contributed by atoms with van der Waals surface area (Å²) in [7, 11) is -2.24. The van der Waals surface area contributed by atoms with E-state index in [1.807, 2.05) is 12.1 Å². The second-order valence-corrected chi connectivity index (χ2v) is 8.28. The molecule has 2 fully saturated rings. The highest BCUT2D eigenvalue weighted by atomic mass is 32.2. The number of ether oxygens (including phenoxy) is 1. The van der Waals surface area contributed by atoms with Crippen molar-refractivity contribution in [3.63, 3.8) is 0 Å². The number of anilines is 1. The molecule has 3 heterocycles. The Morgan fingerprint density at radius 2 is 2.12 bits per heavy atom. The van der Waals surface area contributed by atoms with Gasteiger partial charge in [-0.3, -0.25) is 4.79 Å². The van der Waals surface area contributed by atoms with Crippen molar-refractivity contribution in [3.05, 3.63) is 18.3 Å². The lowest BCUT2D eigenvalue weighted by molar-refractivity contribution is -0.127. The predicted octanol–water partition coefficient (Wildman–Crippen LogP) is 0.211. The first-order valence-electron chi connectivity index (χ1n) is 8.54. The standard InChI is InChI=1S/C16H24N4O4S/c1-17-25(22,23)12-15(21)20-10-6-13(11-20)24-14-5-4-7-18-16(14)19-8-2-3-9-19/h4-5,7,13,17H,2-3,6,8-12H2,1H3/t13-/m0/s1. The molecular formula is C16H24N4O4S. The molecule has 138 valence electrons. The molecule has 8 nitrogen and oxygen atoms in total. The molecule has 2 aliphatic rings. The maximum absolute atomic E-state index is 12.1. The molecule has 0 unspecified atom stereocenters. The molecule has 0 aromatic carbocycles. The Hall–Kier alpha value is -1.87. The van der Waals surface area contributed by atoms with Crippen LogP contribution in [0.25, 0.3) is 0 Å². The first-order chi connectivity index (χ1) is 12.0. The van der Waals surface area contributed by atoms with Gasteiger partial charge in [-0.25, -0.2) is 18.1 Å². The number of pyridine rings is 1. The summed E-state index contributed by atoms with van der Waals surface area (Å²) in [6.07, 6.45) is 4.60. The molecule has 2 saturated heterocycles. The minimum absolute atomic E-state index is 0.146. The smallest absolute Gasteiger partial charge is 0.239 e. The summed E-state index contributed by atoms with van der Waals surface area (Å²) >= 11 is 0. The second-order valence-electron chi connectivity index (χ2n) is 6.35. The summed E-state index contributed by atoms with van der Waals surface area (Å²) in [5, 5.41) is 0. The second kappa shape index (κ2) is 7.57. The zero-order valence-electron chi connectivity index (χ0n) is 14.3. The average molecular weight is 368 g/mol. The number of carbonyl (C=O) groups is 1. The highest BCUT2D eigenvalue weighted by Gasteiger charge is 2.30. The minimum Gasteiger partial charge on any atom is -0.485 e. The Morgan fingerprint density at radius 3 is 2.84 bits per heavy atom. The minimum atomic E-state index is -3.55. The maximum Gasteiger partial charge on any atom is 0.239 e. The van der Waals surface area contributed by atoms with Crippen LogP contribution in [0, 0.1) is 0 Å². The van der Waals surface area contributed by atoms with E-state index in [1.54, 1.807) is 11.1 Å². The SMILES string of the molecule is CNS(=O)(=O)CC(=O)N1CC[C@H](Oc2cccnc2N2CCCC2)C1. The number of aromatic nitrogens is 1. The third-order valence-electron chi connectivity index (χ3n) is 4.57. The largest absolute Gasteiger partial charge is 0.485 e. The number of nitrogens with zero attached hydrogens (tertiary/aromatic N) is 3. The van der Waals surface area contributed by atoms with Gasteiger partial charge in [0.25, 0.3) is 0 Å². The van der Waals surface area contributed by atoms with Crippen LogP contribution in [0.3, 0.4) is 0 Å². The van der Waals surface area contributed by atoms with Crippen LogP contribution < -0.4 is 14.4 Å². The Balaban J connectivity index is 1.61. The van der Waals surface area contributed by atoms with Gasteiger partial charge in [-0.2, -0.15) is 0 Å². The number of hydrogen-bond donors (Lipinski definition) is 1. The lowest BCUT2D eigenvalue weighted by Gasteiger charge is -2.22. The van der Waals surface area contributed by atoms with Gasteiger partial charge >= 0.3 is 0 Å². The number of hydrogen-bond acceptors (Lipinski definition) is 6. The van der Waals surface area contributed by atoms with Gasteiger partial charge in [-0.15, -0.1) is 0 Å². The fourth-order valence-electron chi connectivity index (χ4n) is 3.20. The number of sulfonamides is 1. The van der Waals surface area contributed by atoms with Gasteiger partial charge in [0.1, 0.15) is 11.9 Å². The molecular weight excluding hydrogens is 344 g/mol. The van der Waals surface area contributed by atoms with E-state index in [0.29, 0.717) is 19.5 Å². The van der Waals surface area contributed by atoms with Crippen LogP contribution in [0.5, 0.6) is 5.75 Å². The van der Waals surface area contributed by atoms with Crippen LogP contribution in [0.1, 0.15) is 19.3 Å². The molecule has 0 aliphatic carbocycles. The van der Waals surface area contributed by atoms with Gasteiger partial charge < -0.3 is 14.5 Å². The third-order valence-corrected chi connectivity index (χ3v) is 5.82. The number of rotatable bonds is 6. The van der Waals surface area contributed by atoms with Crippen LogP contribution >= 0.6 is 0 Å². The van der Waals surface area contributed by atoms with Gasteiger partial charge in [0.2, 0.25) is 15.9 Å². The van der Waals surface area contributed by atoms with Crippen molar-refractivity contribution in [2.45, 2.75) is 25.4 Å². The Kier molecular flexibility index (Phi) is 5.43. The van der Waals surface area contributed by atoms with E-state index in [1.165, 1.54) is 7.05 Å². The fourth-order valence-corrected chi connectivity index (χ4v) is 3.85. The van der Waals surface area contributed by atoms with Gasteiger partial charge in [-0.1, -0.05) is 0 Å². The fraction of sp³-hybridized carbons (Fsp3) is 0.625. The Bertz CT molecular complexity index is 719. The van der Waals surface area contributed by atoms with E-state index in [0.717, 1.165) is 37.5 Å². The molecule has 1 amide bonds. The number of likely N-dealkylation sites (tertiary alicyclic amines) is 1. The van der Waals surface area contributed by atoms with E-state index < -0.39 is 21.7 Å². The molecule has 0 saturated carbocycles. The molecule has 1 aromatic rings. The average Bonchev–Trinajstić information content (AvgIpc) is 3.27. The van der Waals surface area contributed by atoms with Crippen molar-refractivity contribution in [1.29, 1.82) is 0 Å². The van der Waals surface area contributed by atoms with Crippen molar-refractivity contribution in [1.82, 2.24) is 14.6 Å². The predicted molar refractivity (Wildman–Crippen MR) is 94.1 cm³/mol. The van der Waals surface area contributed by atoms with Crippen LogP contribution in [-0.4, -0.2) is 69.3 Å². The number of carbonyl (C=O) groups excluding carboxylic acids is 1. The summed E-state index contributed by atoms with van der Waals surface area (Å²) in [4.78, 5) is 20.3. The quantitative estimate of drug-likeness (QED) is 0.772. The van der Waals surface area contributed by atoms with Crippen molar-refractivity contribution in [2.24, 2.45) is 0 Å². The summed E-state index contributed by atoms with van der Waals surface area (Å²) in [6, 6.07) is 3.74. The molecule has 1 atom stereocenters. The molecule has 1 aromatic heterocycles. The molecule has 3 rings (SSSR count). The topological polar surface area (TPSA) is 91.8 Å². The Morgan fingerprint density at radius 1 is 1.36 bits per heavy atom. The highest BCUT2D eigenvalue weighted by Crippen LogP contribution is 2.30. The van der Waals surface area contributed by atoms with Crippen LogP contribution in [0.15, 0.2) is 18.3 Å². The monoisotopic (exact) mass is 368 g/mol. The van der Waals surface area contributed by atoms with Crippen molar-refractivity contribution < 1.29 is 17.9 Å². The lowest BCUT2D eigenvalue weighted by atomic mass is 10.3. The van der Waals surface area contributed by atoms with E-state index in [9.17, 15) is 13.2 Å². The van der Waals surface area contributed by atoms with Crippen LogP contribution in [-0.2, 0) is 14.8 Å². The van der Waals surface area contributed by atoms with E-state index in [2.05, 4.69) is 14.6 Å². The van der Waals surface area contributed by atoms with Gasteiger partial charge in [0, 0.05) is 32.3 Å². The summed E-state index contributed by atoms with van der Waals surface area (Å²) in [5.41, 5.74) is 0. The van der Waals surface area contributed by atoms with Gasteiger partial charge in [-0.05, 0) is 32.0 Å². The van der Waals surface area contributed by atoms with Gasteiger partial charge in [0.05, 0.1) is 6.54 Å². The molecule has 9 heteroatoms. The van der Waals surface area contributed by atoms with Crippen LogP contribution in [0.4, 0.5) is 5.82 Å². The van der Waals surface area contributed by atoms with Gasteiger partial charge in [0.15, 0.2) is 11.6 Å². The first-order valence-corrected chi connectivity index (χ1v) is 10.2. The molecule has 0 radical (unpaired) electrons. The number of amides is 1. The van der Waals surface area contributed by atoms with Crippen molar-refractivity contribution >= 4 is 21.7 Å². The molecule has 1 N–H and O–H groups in total. The molecule has 0 spiro atoms. The highest BCUT2D eigenvalue weighted by molar-refractivity contribution is 7.90. The van der Waals surface area contributed by atoms with Crippen LogP contribution in [0.2, 0.25) is 0 Å².